The quantitative estimate of drug-likeness (QED) is 0.535. The molecule has 29 heavy (non-hydrogen) atoms. The van der Waals surface area contributed by atoms with Gasteiger partial charge in [-0.15, -0.1) is 10.2 Å². The number of aryl methyl sites for hydroxylation is 2. The number of aromatic nitrogens is 2. The first-order valence-electron chi connectivity index (χ1n) is 9.82. The molecule has 1 aromatic heterocycles. The van der Waals surface area contributed by atoms with Crippen LogP contribution in [0.4, 0.5) is 0 Å². The Morgan fingerprint density at radius 3 is 2.52 bits per heavy atom. The molecule has 0 radical (unpaired) electrons. The molecule has 0 saturated heterocycles. The van der Waals surface area contributed by atoms with Gasteiger partial charge in [-0.25, -0.2) is 0 Å². The van der Waals surface area contributed by atoms with Crippen LogP contribution in [0.1, 0.15) is 42.0 Å². The summed E-state index contributed by atoms with van der Waals surface area (Å²) in [6.45, 7) is 9.08. The summed E-state index contributed by atoms with van der Waals surface area (Å²) in [5, 5.41) is 11.5. The van der Waals surface area contributed by atoms with E-state index in [-0.39, 0.29) is 11.7 Å². The van der Waals surface area contributed by atoms with Crippen molar-refractivity contribution in [2.24, 2.45) is 0 Å². The second-order valence-electron chi connectivity index (χ2n) is 7.46. The van der Waals surface area contributed by atoms with Crippen LogP contribution in [0.5, 0.6) is 0 Å². The molecule has 0 saturated carbocycles. The molecule has 3 rings (SSSR count). The summed E-state index contributed by atoms with van der Waals surface area (Å²) in [5.41, 5.74) is 5.83. The van der Waals surface area contributed by atoms with Crippen LogP contribution in [0.3, 0.4) is 0 Å². The van der Waals surface area contributed by atoms with Gasteiger partial charge < -0.3 is 9.73 Å². The lowest BCUT2D eigenvalue weighted by Crippen LogP contribution is -2.27. The molecule has 1 N–H and O–H groups in total. The Balaban J connectivity index is 1.43. The number of amides is 1. The van der Waals surface area contributed by atoms with Crippen LogP contribution in [0, 0.1) is 13.8 Å². The van der Waals surface area contributed by atoms with E-state index < -0.39 is 0 Å². The number of nitrogens with one attached hydrogen (secondary N) is 1. The second-order valence-corrected chi connectivity index (χ2v) is 8.38. The van der Waals surface area contributed by atoms with E-state index in [0.29, 0.717) is 23.6 Å². The summed E-state index contributed by atoms with van der Waals surface area (Å²) in [5.74, 6) is 1.21. The van der Waals surface area contributed by atoms with E-state index in [1.807, 2.05) is 25.1 Å². The molecule has 0 aliphatic carbocycles. The minimum Gasteiger partial charge on any atom is -0.411 e. The van der Waals surface area contributed by atoms with Crippen LogP contribution < -0.4 is 5.32 Å². The maximum atomic E-state index is 12.1. The molecule has 0 atom stereocenters. The number of carbonyl (C=O) groups excluding carboxylic acids is 1. The second kappa shape index (κ2) is 9.74. The van der Waals surface area contributed by atoms with E-state index in [0.717, 1.165) is 12.0 Å². The van der Waals surface area contributed by atoms with Gasteiger partial charge in [0.25, 0.3) is 5.22 Å². The third-order valence-corrected chi connectivity index (χ3v) is 5.69. The van der Waals surface area contributed by atoms with Gasteiger partial charge in [-0.05, 0) is 60.6 Å². The van der Waals surface area contributed by atoms with E-state index in [9.17, 15) is 4.79 Å². The highest BCUT2D eigenvalue weighted by molar-refractivity contribution is 7.99. The molecule has 2 aromatic carbocycles. The van der Waals surface area contributed by atoms with Crippen LogP contribution in [0.15, 0.2) is 52.1 Å². The van der Waals surface area contributed by atoms with Gasteiger partial charge in [0.1, 0.15) is 0 Å². The Labute approximate surface area is 176 Å². The van der Waals surface area contributed by atoms with Crippen LogP contribution in [0.25, 0.3) is 11.5 Å². The molecule has 0 aliphatic heterocycles. The van der Waals surface area contributed by atoms with Crippen molar-refractivity contribution < 1.29 is 9.21 Å². The first-order valence-corrected chi connectivity index (χ1v) is 10.8. The highest BCUT2D eigenvalue weighted by Crippen LogP contribution is 2.24. The van der Waals surface area contributed by atoms with Gasteiger partial charge in [0.15, 0.2) is 0 Å². The van der Waals surface area contributed by atoms with Crippen molar-refractivity contribution in [2.75, 3.05) is 12.3 Å². The molecular formula is C23H27N3O2S. The van der Waals surface area contributed by atoms with Gasteiger partial charge in [0.05, 0.1) is 5.75 Å². The zero-order valence-electron chi connectivity index (χ0n) is 17.4. The number of hydrogen-bond donors (Lipinski definition) is 1. The molecule has 0 aliphatic rings. The van der Waals surface area contributed by atoms with E-state index in [2.05, 4.69) is 60.6 Å². The van der Waals surface area contributed by atoms with Crippen LogP contribution in [0.2, 0.25) is 0 Å². The molecule has 6 heteroatoms. The Morgan fingerprint density at radius 2 is 1.83 bits per heavy atom. The van der Waals surface area contributed by atoms with Crippen LogP contribution in [-0.2, 0) is 11.2 Å². The minimum atomic E-state index is -0.0419. The number of nitrogens with zero attached hydrogens (tertiary/aromatic N) is 2. The number of rotatable bonds is 8. The molecule has 5 nitrogen and oxygen atoms in total. The monoisotopic (exact) mass is 409 g/mol. The number of thioether (sulfide) groups is 1. The molecular weight excluding hydrogens is 382 g/mol. The average molecular weight is 410 g/mol. The molecule has 0 bridgehead atoms. The molecule has 152 valence electrons. The van der Waals surface area contributed by atoms with Crippen molar-refractivity contribution in [2.45, 2.75) is 45.3 Å². The fraction of sp³-hybridized carbons (Fsp3) is 0.348. The first kappa shape index (κ1) is 21.1. The topological polar surface area (TPSA) is 68.0 Å². The molecule has 0 spiro atoms. The zero-order valence-corrected chi connectivity index (χ0v) is 18.2. The van der Waals surface area contributed by atoms with Gasteiger partial charge in [-0.1, -0.05) is 55.9 Å². The average Bonchev–Trinajstić information content (AvgIpc) is 3.18. The molecule has 0 fully saturated rings. The van der Waals surface area contributed by atoms with Crippen molar-refractivity contribution in [3.8, 4) is 11.5 Å². The lowest BCUT2D eigenvalue weighted by atomic mass is 10.0. The zero-order chi connectivity index (χ0) is 20.8. The molecule has 0 unspecified atom stereocenters. The van der Waals surface area contributed by atoms with Crippen molar-refractivity contribution in [1.29, 1.82) is 0 Å². The van der Waals surface area contributed by atoms with E-state index >= 15 is 0 Å². The Hall–Kier alpha value is -2.60. The third-order valence-electron chi connectivity index (χ3n) is 4.87. The Kier molecular flexibility index (Phi) is 7.09. The van der Waals surface area contributed by atoms with E-state index in [1.54, 1.807) is 0 Å². The SMILES string of the molecule is Cc1ccc(-c2nnc(SCC(=O)NCCc3ccc(C(C)C)cc3)o2)cc1C. The fourth-order valence-corrected chi connectivity index (χ4v) is 3.45. The minimum absolute atomic E-state index is 0.0419. The first-order chi connectivity index (χ1) is 13.9. The van der Waals surface area contributed by atoms with Crippen LogP contribution >= 0.6 is 11.8 Å². The number of carbonyl (C=O) groups is 1. The molecule has 1 heterocycles. The maximum Gasteiger partial charge on any atom is 0.277 e. The predicted molar refractivity (Wildman–Crippen MR) is 117 cm³/mol. The van der Waals surface area contributed by atoms with E-state index in [4.69, 9.17) is 4.42 Å². The van der Waals surface area contributed by atoms with Crippen molar-refractivity contribution >= 4 is 17.7 Å². The summed E-state index contributed by atoms with van der Waals surface area (Å²) >= 11 is 1.25. The van der Waals surface area contributed by atoms with Gasteiger partial charge in [0.2, 0.25) is 11.8 Å². The lowest BCUT2D eigenvalue weighted by molar-refractivity contribution is -0.118. The molecule has 1 amide bonds. The summed E-state index contributed by atoms with van der Waals surface area (Å²) in [6, 6.07) is 14.6. The van der Waals surface area contributed by atoms with Crippen molar-refractivity contribution in [3.63, 3.8) is 0 Å². The highest BCUT2D eigenvalue weighted by atomic mass is 32.2. The summed E-state index contributed by atoms with van der Waals surface area (Å²) in [6.07, 6.45) is 0.812. The summed E-state index contributed by atoms with van der Waals surface area (Å²) in [7, 11) is 0. The highest BCUT2D eigenvalue weighted by Gasteiger charge is 2.12. The molecule has 3 aromatic rings. The number of benzene rings is 2. The van der Waals surface area contributed by atoms with Crippen LogP contribution in [-0.4, -0.2) is 28.4 Å². The fourth-order valence-electron chi connectivity index (χ4n) is 2.85. The largest absolute Gasteiger partial charge is 0.411 e. The smallest absolute Gasteiger partial charge is 0.277 e. The van der Waals surface area contributed by atoms with Gasteiger partial charge in [-0.3, -0.25) is 4.79 Å². The Morgan fingerprint density at radius 1 is 1.07 bits per heavy atom. The standard InChI is InChI=1S/C23H27N3O2S/c1-15(2)19-9-6-18(7-10-19)11-12-24-21(27)14-29-23-26-25-22(28-23)20-8-5-16(3)17(4)13-20/h5-10,13,15H,11-12,14H2,1-4H3,(H,24,27). The Bertz CT molecular complexity index is 965. The maximum absolute atomic E-state index is 12.1. The predicted octanol–water partition coefficient (Wildman–Crippen LogP) is 4.93. The van der Waals surface area contributed by atoms with Gasteiger partial charge >= 0.3 is 0 Å². The summed E-state index contributed by atoms with van der Waals surface area (Å²) < 4.78 is 5.68. The third kappa shape index (κ3) is 5.94. The normalized spacial score (nSPS) is 11.1. The lowest BCUT2D eigenvalue weighted by Gasteiger charge is -2.07. The van der Waals surface area contributed by atoms with Gasteiger partial charge in [0, 0.05) is 12.1 Å². The van der Waals surface area contributed by atoms with Gasteiger partial charge in [-0.2, -0.15) is 0 Å². The number of hydrogen-bond acceptors (Lipinski definition) is 5. The van der Waals surface area contributed by atoms with Crippen molar-refractivity contribution in [3.05, 3.63) is 64.7 Å². The van der Waals surface area contributed by atoms with Crippen molar-refractivity contribution in [1.82, 2.24) is 15.5 Å². The van der Waals surface area contributed by atoms with E-state index in [1.165, 1.54) is 34.0 Å². The summed E-state index contributed by atoms with van der Waals surface area (Å²) in [4.78, 5) is 12.1.